The molecule has 1 unspecified atom stereocenters. The summed E-state index contributed by atoms with van der Waals surface area (Å²) in [5.41, 5.74) is 5.44. The van der Waals surface area contributed by atoms with Gasteiger partial charge in [0.25, 0.3) is 5.88 Å². The lowest BCUT2D eigenvalue weighted by Crippen LogP contribution is -2.23. The van der Waals surface area contributed by atoms with Gasteiger partial charge in [-0.1, -0.05) is 88.1 Å². The molecular weight excluding hydrogens is 426 g/mol. The number of nitrogens with zero attached hydrogens (tertiary/aromatic N) is 2. The number of hydrogen-bond acceptors (Lipinski definition) is 4. The topological polar surface area (TPSA) is 88.1 Å². The maximum Gasteiger partial charge on any atom is 0.359 e. The molecule has 0 radical (unpaired) electrons. The van der Waals surface area contributed by atoms with Crippen molar-refractivity contribution in [2.45, 2.75) is 25.9 Å². The van der Waals surface area contributed by atoms with Gasteiger partial charge in [-0.05, 0) is 41.3 Å². The number of nitrogens with one attached hydrogen (secondary N) is 1. The molecule has 0 aliphatic carbocycles. The van der Waals surface area contributed by atoms with E-state index in [1.54, 1.807) is 0 Å². The largest absolute Gasteiger partial charge is 0.476 e. The van der Waals surface area contributed by atoms with Crippen LogP contribution in [0.4, 0.5) is 0 Å². The summed E-state index contributed by atoms with van der Waals surface area (Å²) in [6.45, 7) is 2.07. The molecule has 1 aromatic heterocycles. The predicted molar refractivity (Wildman–Crippen MR) is 123 cm³/mol. The lowest BCUT2D eigenvalue weighted by atomic mass is 9.98. The van der Waals surface area contributed by atoms with Crippen LogP contribution in [0.5, 0.6) is 5.88 Å². The van der Waals surface area contributed by atoms with Gasteiger partial charge in [0, 0.05) is 17.9 Å². The van der Waals surface area contributed by atoms with Crippen molar-refractivity contribution in [3.8, 4) is 17.0 Å². The van der Waals surface area contributed by atoms with Crippen LogP contribution in [0.25, 0.3) is 11.1 Å². The van der Waals surface area contributed by atoms with Gasteiger partial charge in [-0.25, -0.2) is 9.89 Å². The van der Waals surface area contributed by atoms with Crippen molar-refractivity contribution in [1.29, 1.82) is 0 Å². The van der Waals surface area contributed by atoms with Gasteiger partial charge >= 0.3 is 5.97 Å². The Kier molecular flexibility index (Phi) is 6.52. The fourth-order valence-electron chi connectivity index (χ4n) is 3.48. The maximum atomic E-state index is 11.4. The minimum atomic E-state index is -1.17. The van der Waals surface area contributed by atoms with Gasteiger partial charge in [0.1, 0.15) is 6.10 Å². The number of halogens is 1. The van der Waals surface area contributed by atoms with Crippen molar-refractivity contribution in [2.24, 2.45) is 0 Å². The molecule has 162 valence electrons. The smallest absolute Gasteiger partial charge is 0.359 e. The first-order valence-electron chi connectivity index (χ1n) is 10.2. The molecule has 6 nitrogen and oxygen atoms in total. The third-order valence-corrected chi connectivity index (χ3v) is 5.44. The van der Waals surface area contributed by atoms with Crippen LogP contribution >= 0.6 is 11.6 Å². The highest BCUT2D eigenvalue weighted by atomic mass is 35.5. The normalized spacial score (nSPS) is 11.8. The summed E-state index contributed by atoms with van der Waals surface area (Å²) in [4.78, 5) is 11.4. The van der Waals surface area contributed by atoms with Crippen LogP contribution < -0.4 is 4.74 Å². The standard InChI is InChI=1S/C25H22ClN3O3/c1-16-2-8-19(9-3-16)20-10-4-17(5-11-20)14-22(15-18-6-12-21(26)13-7-18)32-24-23(25(30)31)27-29-28-24/h2-13,22H,14-15H2,1H3,(H,30,31)(H,27,28,29). The molecule has 0 saturated carbocycles. The maximum absolute atomic E-state index is 11.4. The first kappa shape index (κ1) is 21.6. The minimum absolute atomic E-state index is 0.0206. The SMILES string of the molecule is Cc1ccc(-c2ccc(CC(Cc3ccc(Cl)cc3)Oc3nn[nH]c3C(=O)O)cc2)cc1. The Morgan fingerprint density at radius 1 is 0.938 bits per heavy atom. The monoisotopic (exact) mass is 447 g/mol. The number of aryl methyl sites for hydroxylation is 1. The minimum Gasteiger partial charge on any atom is -0.476 e. The highest BCUT2D eigenvalue weighted by molar-refractivity contribution is 6.30. The summed E-state index contributed by atoms with van der Waals surface area (Å²) in [6.07, 6.45) is 0.788. The Bertz CT molecular complexity index is 1190. The Morgan fingerprint density at radius 3 is 2.03 bits per heavy atom. The molecular formula is C25H22ClN3O3. The van der Waals surface area contributed by atoms with E-state index in [2.05, 4.69) is 70.9 Å². The summed E-state index contributed by atoms with van der Waals surface area (Å²) < 4.78 is 5.99. The van der Waals surface area contributed by atoms with E-state index in [0.29, 0.717) is 17.9 Å². The van der Waals surface area contributed by atoms with E-state index in [4.69, 9.17) is 16.3 Å². The van der Waals surface area contributed by atoms with Crippen LogP contribution in [0.15, 0.2) is 72.8 Å². The Balaban J connectivity index is 1.54. The number of carboxylic acids is 1. The first-order valence-corrected chi connectivity index (χ1v) is 10.6. The molecule has 4 aromatic rings. The van der Waals surface area contributed by atoms with Crippen LogP contribution in [0.1, 0.15) is 27.2 Å². The zero-order chi connectivity index (χ0) is 22.5. The highest BCUT2D eigenvalue weighted by Gasteiger charge is 2.21. The van der Waals surface area contributed by atoms with Crippen LogP contribution in [-0.2, 0) is 12.8 Å². The van der Waals surface area contributed by atoms with Crippen LogP contribution in [0, 0.1) is 6.92 Å². The molecule has 4 rings (SSSR count). The Morgan fingerprint density at radius 2 is 1.47 bits per heavy atom. The summed E-state index contributed by atoms with van der Waals surface area (Å²) >= 11 is 6.00. The number of aromatic amines is 1. The van der Waals surface area contributed by atoms with Gasteiger partial charge in [-0.3, -0.25) is 0 Å². The van der Waals surface area contributed by atoms with Gasteiger partial charge in [-0.15, -0.1) is 0 Å². The molecule has 3 aromatic carbocycles. The lowest BCUT2D eigenvalue weighted by Gasteiger charge is -2.18. The van der Waals surface area contributed by atoms with E-state index in [1.165, 1.54) is 5.56 Å². The molecule has 0 aliphatic heterocycles. The average Bonchev–Trinajstić information content (AvgIpc) is 3.25. The third-order valence-electron chi connectivity index (χ3n) is 5.19. The molecule has 32 heavy (non-hydrogen) atoms. The summed E-state index contributed by atoms with van der Waals surface area (Å²) in [6, 6.07) is 24.2. The molecule has 0 saturated heterocycles. The summed E-state index contributed by atoms with van der Waals surface area (Å²) in [5.74, 6) is -1.19. The third kappa shape index (κ3) is 5.34. The second kappa shape index (κ2) is 9.66. The van der Waals surface area contributed by atoms with Crippen molar-refractivity contribution in [2.75, 3.05) is 0 Å². The van der Waals surface area contributed by atoms with Gasteiger partial charge in [0.05, 0.1) is 0 Å². The number of rotatable bonds is 8. The van der Waals surface area contributed by atoms with Crippen LogP contribution in [0.2, 0.25) is 5.02 Å². The first-order chi connectivity index (χ1) is 15.5. The van der Waals surface area contributed by atoms with Gasteiger partial charge in [0.15, 0.2) is 0 Å². The Hall–Kier alpha value is -3.64. The van der Waals surface area contributed by atoms with E-state index < -0.39 is 5.97 Å². The van der Waals surface area contributed by atoms with Gasteiger partial charge < -0.3 is 9.84 Å². The molecule has 2 N–H and O–H groups in total. The Labute approximate surface area is 190 Å². The van der Waals surface area contributed by atoms with Crippen molar-refractivity contribution in [3.63, 3.8) is 0 Å². The summed E-state index contributed by atoms with van der Waals surface area (Å²) in [5, 5.41) is 19.7. The number of carboxylic acid groups (broad SMARTS) is 1. The van der Waals surface area contributed by atoms with Crippen molar-refractivity contribution >= 4 is 17.6 Å². The van der Waals surface area contributed by atoms with Crippen LogP contribution in [0.3, 0.4) is 0 Å². The average molecular weight is 448 g/mol. The molecule has 7 heteroatoms. The quantitative estimate of drug-likeness (QED) is 0.379. The number of aromatic carboxylic acids is 1. The second-order valence-electron chi connectivity index (χ2n) is 7.63. The fraction of sp³-hybridized carbons (Fsp3) is 0.160. The molecule has 0 spiro atoms. The number of benzene rings is 3. The number of carbonyl (C=O) groups is 1. The molecule has 0 bridgehead atoms. The summed E-state index contributed by atoms with van der Waals surface area (Å²) in [7, 11) is 0. The van der Waals surface area contributed by atoms with E-state index in [0.717, 1.165) is 22.3 Å². The molecule has 0 fully saturated rings. The number of H-pyrrole nitrogens is 1. The number of hydrogen-bond donors (Lipinski definition) is 2. The van der Waals surface area contributed by atoms with E-state index >= 15 is 0 Å². The lowest BCUT2D eigenvalue weighted by molar-refractivity contribution is 0.0682. The molecule has 0 aliphatic rings. The van der Waals surface area contributed by atoms with Gasteiger partial charge in [0.2, 0.25) is 5.69 Å². The predicted octanol–water partition coefficient (Wildman–Crippen LogP) is 5.36. The van der Waals surface area contributed by atoms with Crippen molar-refractivity contribution in [1.82, 2.24) is 15.4 Å². The molecule has 1 heterocycles. The molecule has 0 amide bonds. The number of aromatic nitrogens is 3. The zero-order valence-corrected chi connectivity index (χ0v) is 18.2. The van der Waals surface area contributed by atoms with Gasteiger partial charge in [-0.2, -0.15) is 0 Å². The highest BCUT2D eigenvalue weighted by Crippen LogP contribution is 2.23. The van der Waals surface area contributed by atoms with Crippen molar-refractivity contribution < 1.29 is 14.6 Å². The second-order valence-corrected chi connectivity index (χ2v) is 8.07. The fourth-order valence-corrected chi connectivity index (χ4v) is 3.60. The van der Waals surface area contributed by atoms with E-state index in [9.17, 15) is 9.90 Å². The number of ether oxygens (including phenoxy) is 1. The molecule has 1 atom stereocenters. The van der Waals surface area contributed by atoms with Crippen LogP contribution in [-0.4, -0.2) is 32.6 Å². The zero-order valence-electron chi connectivity index (χ0n) is 17.5. The van der Waals surface area contributed by atoms with E-state index in [1.807, 2.05) is 24.3 Å². The van der Waals surface area contributed by atoms with Crippen molar-refractivity contribution in [3.05, 3.63) is 100 Å². The van der Waals surface area contributed by atoms with E-state index in [-0.39, 0.29) is 17.7 Å².